The highest BCUT2D eigenvalue weighted by Crippen LogP contribution is 2.24. The molecule has 0 radical (unpaired) electrons. The monoisotopic (exact) mass is 366 g/mol. The first-order valence-corrected chi connectivity index (χ1v) is 9.62. The van der Waals surface area contributed by atoms with Crippen LogP contribution in [-0.4, -0.2) is 38.1 Å². The summed E-state index contributed by atoms with van der Waals surface area (Å²) in [6, 6.07) is 0. The Hall–Kier alpha value is -1.67. The van der Waals surface area contributed by atoms with E-state index in [9.17, 15) is 9.59 Å². The summed E-state index contributed by atoms with van der Waals surface area (Å²) in [6.07, 6.45) is 0.779. The van der Waals surface area contributed by atoms with Crippen LogP contribution in [0, 0.1) is 0 Å². The molecule has 0 aliphatic heterocycles. The summed E-state index contributed by atoms with van der Waals surface area (Å²) < 4.78 is 8.10. The lowest BCUT2D eigenvalue weighted by molar-refractivity contribution is 0.164. The first-order chi connectivity index (χ1) is 11.9. The predicted octanol–water partition coefficient (Wildman–Crippen LogP) is 2.15. The fourth-order valence-corrected chi connectivity index (χ4v) is 3.36. The molecule has 2 heterocycles. The van der Waals surface area contributed by atoms with Gasteiger partial charge in [0.25, 0.3) is 5.56 Å². The molecule has 0 spiro atoms. The van der Waals surface area contributed by atoms with E-state index in [0.717, 1.165) is 11.0 Å². The van der Waals surface area contributed by atoms with Crippen LogP contribution < -0.4 is 11.2 Å². The van der Waals surface area contributed by atoms with Gasteiger partial charge in [-0.25, -0.2) is 14.8 Å². The van der Waals surface area contributed by atoms with Gasteiger partial charge in [-0.2, -0.15) is 0 Å². The second-order valence-corrected chi connectivity index (χ2v) is 7.17. The van der Waals surface area contributed by atoms with Crippen molar-refractivity contribution in [3.05, 3.63) is 26.7 Å². The van der Waals surface area contributed by atoms with Crippen LogP contribution in [0.5, 0.6) is 0 Å². The van der Waals surface area contributed by atoms with Crippen molar-refractivity contribution in [2.24, 2.45) is 7.05 Å². The van der Waals surface area contributed by atoms with Crippen molar-refractivity contribution in [3.8, 4) is 0 Å². The maximum Gasteiger partial charge on any atom is 0.332 e. The highest BCUT2D eigenvalue weighted by Gasteiger charge is 2.19. The molecule has 2 rings (SSSR count). The molecular weight excluding hydrogens is 340 g/mol. The molecular formula is C17H26N4O3S. The van der Waals surface area contributed by atoms with E-state index in [-0.39, 0.29) is 17.2 Å². The summed E-state index contributed by atoms with van der Waals surface area (Å²) in [5.41, 5.74) is -0.243. The number of aromatic nitrogens is 4. The van der Waals surface area contributed by atoms with Crippen LogP contribution >= 0.6 is 11.8 Å². The summed E-state index contributed by atoms with van der Waals surface area (Å²) in [5.74, 6) is 1.43. The van der Waals surface area contributed by atoms with Crippen molar-refractivity contribution in [1.29, 1.82) is 0 Å². The molecule has 2 aromatic heterocycles. The molecule has 0 saturated carbocycles. The van der Waals surface area contributed by atoms with E-state index < -0.39 is 0 Å². The molecule has 7 nitrogen and oxygen atoms in total. The van der Waals surface area contributed by atoms with Gasteiger partial charge in [-0.05, 0) is 13.3 Å². The van der Waals surface area contributed by atoms with E-state index in [1.54, 1.807) is 4.57 Å². The lowest BCUT2D eigenvalue weighted by Crippen LogP contribution is -2.39. The summed E-state index contributed by atoms with van der Waals surface area (Å²) in [4.78, 5) is 34.4. The van der Waals surface area contributed by atoms with Crippen LogP contribution in [-0.2, 0) is 18.3 Å². The Kier molecular flexibility index (Phi) is 6.78. The number of fused-ring (bicyclic) bond motifs is 1. The predicted molar refractivity (Wildman–Crippen MR) is 101 cm³/mol. The lowest BCUT2D eigenvalue weighted by atomic mass is 10.2. The molecule has 0 aliphatic rings. The van der Waals surface area contributed by atoms with Gasteiger partial charge in [0, 0.05) is 31.9 Å². The Morgan fingerprint density at radius 3 is 2.52 bits per heavy atom. The number of nitrogens with zero attached hydrogens (tertiary/aromatic N) is 4. The minimum atomic E-state index is -0.346. The number of aryl methyl sites for hydroxylation is 1. The maximum absolute atomic E-state index is 12.7. The lowest BCUT2D eigenvalue weighted by Gasteiger charge is -2.15. The highest BCUT2D eigenvalue weighted by molar-refractivity contribution is 7.99. The Balaban J connectivity index is 2.72. The SMILES string of the molecule is CCCn1c(=O)n(C)c(=O)c2c(SCCOCC)nc(C(C)C)nc21. The number of hydrogen-bond donors (Lipinski definition) is 0. The summed E-state index contributed by atoms with van der Waals surface area (Å²) in [7, 11) is 1.50. The largest absolute Gasteiger partial charge is 0.381 e. The van der Waals surface area contributed by atoms with Gasteiger partial charge in [0.15, 0.2) is 5.65 Å². The zero-order valence-corrected chi connectivity index (χ0v) is 16.4. The third kappa shape index (κ3) is 4.12. The molecule has 0 N–H and O–H groups in total. The van der Waals surface area contributed by atoms with Crippen molar-refractivity contribution in [3.63, 3.8) is 0 Å². The first kappa shape index (κ1) is 19.7. The molecule has 0 saturated heterocycles. The standard InChI is InChI=1S/C17H26N4O3S/c1-6-8-21-14-12(16(22)20(5)17(21)23)15(25-10-9-24-7-2)19-13(18-14)11(3)4/h11H,6-10H2,1-5H3. The van der Waals surface area contributed by atoms with Gasteiger partial charge in [-0.3, -0.25) is 13.9 Å². The summed E-state index contributed by atoms with van der Waals surface area (Å²) in [5, 5.41) is 1.04. The van der Waals surface area contributed by atoms with E-state index in [4.69, 9.17) is 4.74 Å². The highest BCUT2D eigenvalue weighted by atomic mass is 32.2. The van der Waals surface area contributed by atoms with Gasteiger partial charge in [-0.15, -0.1) is 11.8 Å². The van der Waals surface area contributed by atoms with Gasteiger partial charge in [0.1, 0.15) is 16.2 Å². The fourth-order valence-electron chi connectivity index (χ4n) is 2.48. The van der Waals surface area contributed by atoms with E-state index in [1.807, 2.05) is 27.7 Å². The zero-order valence-electron chi connectivity index (χ0n) is 15.5. The molecule has 0 amide bonds. The maximum atomic E-state index is 12.7. The van der Waals surface area contributed by atoms with Crippen molar-refractivity contribution >= 4 is 22.8 Å². The van der Waals surface area contributed by atoms with Crippen molar-refractivity contribution in [1.82, 2.24) is 19.1 Å². The molecule has 0 unspecified atom stereocenters. The third-order valence-corrected chi connectivity index (χ3v) is 4.74. The zero-order chi connectivity index (χ0) is 18.6. The second-order valence-electron chi connectivity index (χ2n) is 6.08. The second kappa shape index (κ2) is 8.62. The van der Waals surface area contributed by atoms with Crippen molar-refractivity contribution in [2.75, 3.05) is 19.0 Å². The molecule has 8 heteroatoms. The average molecular weight is 366 g/mol. The van der Waals surface area contributed by atoms with Crippen molar-refractivity contribution < 1.29 is 4.74 Å². The van der Waals surface area contributed by atoms with E-state index in [0.29, 0.717) is 47.4 Å². The Morgan fingerprint density at radius 1 is 1.20 bits per heavy atom. The van der Waals surface area contributed by atoms with E-state index in [2.05, 4.69) is 9.97 Å². The molecule has 0 bridgehead atoms. The number of rotatable bonds is 8. The Bertz CT molecular complexity index is 858. The molecule has 25 heavy (non-hydrogen) atoms. The molecule has 0 aliphatic carbocycles. The molecule has 0 fully saturated rings. The normalized spacial score (nSPS) is 11.6. The topological polar surface area (TPSA) is 79.0 Å². The Morgan fingerprint density at radius 2 is 1.92 bits per heavy atom. The molecule has 138 valence electrons. The number of hydrogen-bond acceptors (Lipinski definition) is 6. The van der Waals surface area contributed by atoms with E-state index in [1.165, 1.54) is 18.8 Å². The van der Waals surface area contributed by atoms with E-state index >= 15 is 0 Å². The van der Waals surface area contributed by atoms with Crippen LogP contribution in [0.2, 0.25) is 0 Å². The van der Waals surface area contributed by atoms with Crippen LogP contribution in [0.1, 0.15) is 45.9 Å². The van der Waals surface area contributed by atoms with Gasteiger partial charge in [0.05, 0.1) is 6.61 Å². The fraction of sp³-hybridized carbons (Fsp3) is 0.647. The van der Waals surface area contributed by atoms with Gasteiger partial charge in [0.2, 0.25) is 0 Å². The van der Waals surface area contributed by atoms with Gasteiger partial charge in [-0.1, -0.05) is 20.8 Å². The van der Waals surface area contributed by atoms with Crippen LogP contribution in [0.15, 0.2) is 14.6 Å². The Labute approximate surface area is 151 Å². The first-order valence-electron chi connectivity index (χ1n) is 8.64. The van der Waals surface area contributed by atoms with Crippen LogP contribution in [0.4, 0.5) is 0 Å². The minimum absolute atomic E-state index is 0.102. The van der Waals surface area contributed by atoms with Gasteiger partial charge < -0.3 is 4.74 Å². The summed E-state index contributed by atoms with van der Waals surface area (Å²) >= 11 is 1.47. The molecule has 0 atom stereocenters. The average Bonchev–Trinajstić information content (AvgIpc) is 2.59. The third-order valence-electron chi connectivity index (χ3n) is 3.80. The molecule has 0 aromatic carbocycles. The molecule has 2 aromatic rings. The quantitative estimate of drug-likeness (QED) is 0.405. The van der Waals surface area contributed by atoms with Crippen molar-refractivity contribution in [2.45, 2.75) is 51.6 Å². The van der Waals surface area contributed by atoms with Gasteiger partial charge >= 0.3 is 5.69 Å². The summed E-state index contributed by atoms with van der Waals surface area (Å²) in [6.45, 7) is 9.69. The minimum Gasteiger partial charge on any atom is -0.381 e. The number of ether oxygens (including phenoxy) is 1. The number of thioether (sulfide) groups is 1. The van der Waals surface area contributed by atoms with Crippen LogP contribution in [0.25, 0.3) is 11.0 Å². The smallest absolute Gasteiger partial charge is 0.332 e. The van der Waals surface area contributed by atoms with Crippen LogP contribution in [0.3, 0.4) is 0 Å².